The molecule has 0 spiro atoms. The van der Waals surface area contributed by atoms with E-state index in [1.165, 1.54) is 30.7 Å². The number of carbonyl (C=O) groups is 1. The van der Waals surface area contributed by atoms with E-state index in [0.29, 0.717) is 0 Å². The van der Waals surface area contributed by atoms with Crippen molar-refractivity contribution in [2.24, 2.45) is 0 Å². The van der Waals surface area contributed by atoms with Gasteiger partial charge in [-0.05, 0) is 31.0 Å². The molecular weight excluding hydrogens is 526 g/mol. The van der Waals surface area contributed by atoms with E-state index in [4.69, 9.17) is 10.1 Å². The fourth-order valence-electron chi connectivity index (χ4n) is 2.78. The third-order valence-corrected chi connectivity index (χ3v) is 3.97. The predicted molar refractivity (Wildman–Crippen MR) is 111 cm³/mol. The van der Waals surface area contributed by atoms with Crippen LogP contribution in [0.5, 0.6) is 0 Å². The van der Waals surface area contributed by atoms with Crippen LogP contribution in [-0.4, -0.2) is 15.9 Å². The molecule has 0 saturated carbocycles. The molecule has 3 nitrogen and oxygen atoms in total. The Morgan fingerprint density at radius 2 is 1.57 bits per heavy atom. The molecule has 1 N–H and O–H groups in total. The Hall–Kier alpha value is -2.81. The van der Waals surface area contributed by atoms with Gasteiger partial charge in [-0.25, -0.2) is 0 Å². The van der Waals surface area contributed by atoms with Crippen molar-refractivity contribution in [3.8, 4) is 11.3 Å². The largest absolute Gasteiger partial charge is 0.512 e. The third kappa shape index (κ3) is 5.59. The van der Waals surface area contributed by atoms with E-state index in [1.54, 1.807) is 0 Å². The number of para-hydroxylation sites is 1. The van der Waals surface area contributed by atoms with E-state index in [0.717, 1.165) is 22.2 Å². The fraction of sp³-hybridized carbons (Fsp3) is 0.0833. The second kappa shape index (κ2) is 9.93. The second-order valence-electron chi connectivity index (χ2n) is 6.26. The number of rotatable bonds is 2. The monoisotopic (exact) mass is 547 g/mol. The Morgan fingerprint density at radius 1 is 0.929 bits per heavy atom. The van der Waals surface area contributed by atoms with Gasteiger partial charge in [0, 0.05) is 26.2 Å². The van der Waals surface area contributed by atoms with Crippen LogP contribution < -0.4 is 0 Å². The quantitative estimate of drug-likeness (QED) is 0.194. The van der Waals surface area contributed by atoms with E-state index in [2.05, 4.69) is 48.5 Å². The van der Waals surface area contributed by atoms with Gasteiger partial charge in [0.2, 0.25) is 0 Å². The van der Waals surface area contributed by atoms with Gasteiger partial charge in [0.25, 0.3) is 0 Å². The number of nitrogens with zero attached hydrogens (tertiary/aromatic N) is 1. The molecule has 0 unspecified atom stereocenters. The molecule has 28 heavy (non-hydrogen) atoms. The summed E-state index contributed by atoms with van der Waals surface area (Å²) < 4.78 is 0. The van der Waals surface area contributed by atoms with Crippen molar-refractivity contribution >= 4 is 27.5 Å². The molecule has 0 atom stereocenters. The number of pyridine rings is 1. The van der Waals surface area contributed by atoms with Gasteiger partial charge < -0.3 is 5.11 Å². The summed E-state index contributed by atoms with van der Waals surface area (Å²) in [7, 11) is 0. The number of aliphatic hydroxyl groups is 1. The van der Waals surface area contributed by atoms with Crippen LogP contribution in [0.4, 0.5) is 0 Å². The molecule has 0 amide bonds. The summed E-state index contributed by atoms with van der Waals surface area (Å²) in [5.41, 5.74) is 3.02. The minimum atomic E-state index is -0.125. The van der Waals surface area contributed by atoms with E-state index < -0.39 is 0 Å². The van der Waals surface area contributed by atoms with E-state index >= 15 is 0 Å². The molecule has 0 aliphatic heterocycles. The molecule has 0 saturated heterocycles. The molecule has 0 aliphatic carbocycles. The van der Waals surface area contributed by atoms with Crippen molar-refractivity contribution in [2.75, 3.05) is 0 Å². The molecule has 1 aromatic heterocycles. The molecule has 4 rings (SSSR count). The van der Waals surface area contributed by atoms with Gasteiger partial charge in [0.05, 0.1) is 11.3 Å². The van der Waals surface area contributed by atoms with E-state index in [1.807, 2.05) is 30.3 Å². The van der Waals surface area contributed by atoms with Crippen molar-refractivity contribution in [3.63, 3.8) is 0 Å². The Labute approximate surface area is 178 Å². The molecule has 0 fully saturated rings. The summed E-state index contributed by atoms with van der Waals surface area (Å²) >= 11 is 0. The van der Waals surface area contributed by atoms with Crippen LogP contribution in [0.2, 0.25) is 0 Å². The summed E-state index contributed by atoms with van der Waals surface area (Å²) in [6, 6.07) is 28.2. The maximum atomic E-state index is 10.0. The molecule has 4 aromatic rings. The van der Waals surface area contributed by atoms with Crippen LogP contribution in [0.25, 0.3) is 32.9 Å². The Kier molecular flexibility index (Phi) is 7.62. The average Bonchev–Trinajstić information content (AvgIpc) is 2.66. The van der Waals surface area contributed by atoms with Crippen LogP contribution in [0.3, 0.4) is 0 Å². The van der Waals surface area contributed by atoms with Gasteiger partial charge in [0.15, 0.2) is 5.78 Å². The smallest absolute Gasteiger partial charge is 0.155 e. The van der Waals surface area contributed by atoms with Crippen LogP contribution in [0.15, 0.2) is 84.6 Å². The van der Waals surface area contributed by atoms with Crippen LogP contribution >= 0.6 is 0 Å². The van der Waals surface area contributed by atoms with Crippen molar-refractivity contribution < 1.29 is 30.0 Å². The van der Waals surface area contributed by atoms with Crippen LogP contribution in [0.1, 0.15) is 13.8 Å². The zero-order chi connectivity index (χ0) is 19.2. The van der Waals surface area contributed by atoms with Gasteiger partial charge in [-0.2, -0.15) is 0 Å². The number of ketones is 1. The third-order valence-electron chi connectivity index (χ3n) is 3.97. The van der Waals surface area contributed by atoms with Gasteiger partial charge in [-0.3, -0.25) is 9.78 Å². The molecule has 1 radical (unpaired) electrons. The van der Waals surface area contributed by atoms with Crippen molar-refractivity contribution in [1.82, 2.24) is 4.98 Å². The number of carbonyl (C=O) groups excluding carboxylic acids is 1. The number of hydrogen-bond donors (Lipinski definition) is 1. The summed E-state index contributed by atoms with van der Waals surface area (Å²) in [5.74, 6) is -0.0625. The maximum absolute atomic E-state index is 10.0. The van der Waals surface area contributed by atoms with Gasteiger partial charge in [0.1, 0.15) is 0 Å². The van der Waals surface area contributed by atoms with Crippen LogP contribution in [0, 0.1) is 6.07 Å². The van der Waals surface area contributed by atoms with Gasteiger partial charge >= 0.3 is 0 Å². The van der Waals surface area contributed by atoms with Gasteiger partial charge in [-0.1, -0.05) is 60.0 Å². The summed E-state index contributed by atoms with van der Waals surface area (Å²) in [4.78, 5) is 14.7. The molecular formula is C24H20IrNO2-. The molecule has 4 heteroatoms. The summed E-state index contributed by atoms with van der Waals surface area (Å²) in [6.07, 6.45) is 1.17. The van der Waals surface area contributed by atoms with E-state index in [-0.39, 0.29) is 31.6 Å². The Bertz CT molecular complexity index is 1050. The number of aliphatic hydroxyl groups excluding tert-OH is 1. The van der Waals surface area contributed by atoms with Crippen molar-refractivity contribution in [3.05, 3.63) is 90.7 Å². The molecule has 3 aromatic carbocycles. The minimum Gasteiger partial charge on any atom is -0.512 e. The number of fused-ring (bicyclic) bond motifs is 2. The normalized spacial score (nSPS) is 10.7. The first-order chi connectivity index (χ1) is 13.0. The first-order valence-electron chi connectivity index (χ1n) is 8.67. The standard InChI is InChI=1S/C19H12N.C5H8O2.Ir/c1-2-7-16-13-17(10-9-14(16)5-1)19-12-11-15-6-3-4-8-18(15)20-19;1-4(6)3-5(2)7;/h1-9,11-13H;3,6H,1-2H3;/q-1;;/b;4-3-;. The number of hydrogen-bond acceptors (Lipinski definition) is 3. The second-order valence-corrected chi connectivity index (χ2v) is 6.26. The first kappa shape index (κ1) is 21.5. The SMILES string of the molecule is CC(=O)/C=C(/C)O.[Ir].[c-]1cc2ccccc2cc1-c1ccc2ccccc2n1. The summed E-state index contributed by atoms with van der Waals surface area (Å²) in [5, 5.41) is 12.0. The first-order valence-corrected chi connectivity index (χ1v) is 8.67. The molecule has 0 bridgehead atoms. The van der Waals surface area contributed by atoms with Crippen molar-refractivity contribution in [1.29, 1.82) is 0 Å². The summed E-state index contributed by atoms with van der Waals surface area (Å²) in [6.45, 7) is 2.85. The zero-order valence-electron chi connectivity index (χ0n) is 15.6. The molecule has 143 valence electrons. The molecule has 1 heterocycles. The Morgan fingerprint density at radius 3 is 2.21 bits per heavy atom. The minimum absolute atomic E-state index is 0. The fourth-order valence-corrected chi connectivity index (χ4v) is 2.78. The predicted octanol–water partition coefficient (Wildman–Crippen LogP) is 5.89. The van der Waals surface area contributed by atoms with Crippen molar-refractivity contribution in [2.45, 2.75) is 13.8 Å². The number of aromatic nitrogens is 1. The average molecular weight is 547 g/mol. The molecule has 0 aliphatic rings. The van der Waals surface area contributed by atoms with Crippen LogP contribution in [-0.2, 0) is 24.9 Å². The maximum Gasteiger partial charge on any atom is 0.155 e. The Balaban J connectivity index is 0.000000306. The van der Waals surface area contributed by atoms with Gasteiger partial charge in [-0.15, -0.1) is 29.1 Å². The zero-order valence-corrected chi connectivity index (χ0v) is 18.0. The van der Waals surface area contributed by atoms with E-state index in [9.17, 15) is 4.79 Å². The topological polar surface area (TPSA) is 50.2 Å². The number of allylic oxidation sites excluding steroid dienone is 2. The number of benzene rings is 3.